The number of hydrogen-bond donors (Lipinski definition) is 1. The highest BCUT2D eigenvalue weighted by atomic mass is 28.4. The van der Waals surface area contributed by atoms with Gasteiger partial charge in [-0.15, -0.1) is 0 Å². The van der Waals surface area contributed by atoms with Crippen LogP contribution in [-0.2, 0) is 25.1 Å². The molecule has 2 aliphatic heterocycles. The highest BCUT2D eigenvalue weighted by molar-refractivity contribution is 6.74. The first kappa shape index (κ1) is 26.8. The summed E-state index contributed by atoms with van der Waals surface area (Å²) in [5.41, 5.74) is 4.25. The van der Waals surface area contributed by atoms with Crippen LogP contribution in [0.2, 0.25) is 18.1 Å². The van der Waals surface area contributed by atoms with Gasteiger partial charge in [0.05, 0.1) is 39.2 Å². The van der Waals surface area contributed by atoms with Crippen molar-refractivity contribution >= 4 is 25.2 Å². The van der Waals surface area contributed by atoms with E-state index < -0.39 is 8.32 Å². The maximum Gasteiger partial charge on any atom is 0.337 e. The first-order chi connectivity index (χ1) is 17.0. The van der Waals surface area contributed by atoms with E-state index in [4.69, 9.17) is 18.6 Å². The summed E-state index contributed by atoms with van der Waals surface area (Å²) >= 11 is 0. The number of nitrogens with one attached hydrogen (secondary N) is 1. The minimum absolute atomic E-state index is 0.0392. The number of rotatable bonds is 7. The number of aromatic nitrogens is 1. The Kier molecular flexibility index (Phi) is 7.60. The van der Waals surface area contributed by atoms with Gasteiger partial charge in [-0.2, -0.15) is 0 Å². The molecule has 0 spiro atoms. The molecule has 0 aliphatic carbocycles. The minimum Gasteiger partial charge on any atom is -0.504 e. The van der Waals surface area contributed by atoms with Crippen LogP contribution in [0.1, 0.15) is 44.5 Å². The molecule has 1 N–H and O–H groups in total. The van der Waals surface area contributed by atoms with Crippen molar-refractivity contribution in [1.82, 2.24) is 9.88 Å². The molecular formula is C28H42N2O5Si. The van der Waals surface area contributed by atoms with Crippen LogP contribution >= 0.6 is 0 Å². The molecule has 0 radical (unpaired) electrons. The lowest BCUT2D eigenvalue weighted by molar-refractivity contribution is -0.137. The smallest absolute Gasteiger partial charge is 0.337 e. The van der Waals surface area contributed by atoms with Gasteiger partial charge in [0.25, 0.3) is 0 Å². The minimum atomic E-state index is -1.95. The van der Waals surface area contributed by atoms with E-state index in [9.17, 15) is 4.79 Å². The molecule has 3 heterocycles. The van der Waals surface area contributed by atoms with Gasteiger partial charge in [0.15, 0.2) is 8.32 Å². The number of fused-ring (bicyclic) bond motifs is 5. The second-order valence-electron chi connectivity index (χ2n) is 11.6. The number of H-pyrrole nitrogens is 1. The normalized spacial score (nSPS) is 23.2. The molecule has 1 fully saturated rings. The molecule has 198 valence electrons. The number of carbonyl (C=O) groups excluding carboxylic acids is 1. The fourth-order valence-electron chi connectivity index (χ4n) is 5.57. The second kappa shape index (κ2) is 10.2. The van der Waals surface area contributed by atoms with E-state index >= 15 is 0 Å². The van der Waals surface area contributed by atoms with Crippen molar-refractivity contribution in [3.8, 4) is 5.75 Å². The predicted molar refractivity (Wildman–Crippen MR) is 145 cm³/mol. The van der Waals surface area contributed by atoms with Crippen LogP contribution in [0.5, 0.6) is 5.75 Å². The summed E-state index contributed by atoms with van der Waals surface area (Å²) < 4.78 is 23.0. The summed E-state index contributed by atoms with van der Waals surface area (Å²) in [5.74, 6) is 0.696. The third kappa shape index (κ3) is 4.83. The Morgan fingerprint density at radius 3 is 2.61 bits per heavy atom. The average molecular weight is 515 g/mol. The van der Waals surface area contributed by atoms with Crippen molar-refractivity contribution in [2.24, 2.45) is 11.8 Å². The van der Waals surface area contributed by atoms with Gasteiger partial charge in [-0.3, -0.25) is 4.90 Å². The van der Waals surface area contributed by atoms with E-state index in [1.54, 1.807) is 20.5 Å². The third-order valence-electron chi connectivity index (χ3n) is 8.61. The molecule has 3 atom stereocenters. The molecule has 0 saturated carbocycles. The number of hydrogen-bond acceptors (Lipinski definition) is 6. The predicted octanol–water partition coefficient (Wildman–Crippen LogP) is 5.44. The Hall–Kier alpha value is -2.29. The monoisotopic (exact) mass is 514 g/mol. The number of nitrogens with zero attached hydrogens (tertiary/aromatic N) is 1. The van der Waals surface area contributed by atoms with Gasteiger partial charge in [0, 0.05) is 48.1 Å². The maximum absolute atomic E-state index is 12.9. The number of ether oxygens (including phenoxy) is 3. The van der Waals surface area contributed by atoms with Crippen LogP contribution in [0.15, 0.2) is 30.0 Å². The zero-order chi connectivity index (χ0) is 26.3. The summed E-state index contributed by atoms with van der Waals surface area (Å²) in [4.78, 5) is 19.2. The standard InChI is InChI=1S/C28H42N2O5Si/c1-28(2,3)36(7,8)35-16-18-15-30-13-12-19-25-22(10-9-11-24(25)33-5)29-26(19)23(30)14-20(18)21(17-32-4)27(31)34-6/h9-11,17-18,20,23,29H,12-16H2,1-8H3/b21-17+/t18-,20-,23?/m0/s1. The zero-order valence-electron chi connectivity index (χ0n) is 23.1. The van der Waals surface area contributed by atoms with E-state index in [0.717, 1.165) is 37.2 Å². The van der Waals surface area contributed by atoms with Gasteiger partial charge in [-0.05, 0) is 48.7 Å². The Labute approximate surface area is 216 Å². The van der Waals surface area contributed by atoms with E-state index in [1.165, 1.54) is 23.8 Å². The van der Waals surface area contributed by atoms with Gasteiger partial charge < -0.3 is 23.6 Å². The Morgan fingerprint density at radius 2 is 1.97 bits per heavy atom. The second-order valence-corrected chi connectivity index (χ2v) is 16.4. The Balaban J connectivity index is 1.71. The molecule has 1 unspecified atom stereocenters. The van der Waals surface area contributed by atoms with Gasteiger partial charge in [0.1, 0.15) is 5.75 Å². The molecule has 0 amide bonds. The molecule has 36 heavy (non-hydrogen) atoms. The van der Waals surface area contributed by atoms with Gasteiger partial charge in [-0.25, -0.2) is 4.79 Å². The van der Waals surface area contributed by atoms with Crippen LogP contribution in [0.25, 0.3) is 10.9 Å². The van der Waals surface area contributed by atoms with Crippen molar-refractivity contribution < 1.29 is 23.4 Å². The number of benzene rings is 1. The molecule has 7 nitrogen and oxygen atoms in total. The molecule has 0 bridgehead atoms. The number of methoxy groups -OCH3 is 3. The number of aromatic amines is 1. The molecule has 2 aromatic rings. The van der Waals surface area contributed by atoms with Gasteiger partial charge in [-0.1, -0.05) is 26.8 Å². The topological polar surface area (TPSA) is 73.0 Å². The van der Waals surface area contributed by atoms with Crippen molar-refractivity contribution in [3.05, 3.63) is 41.3 Å². The Bertz CT molecular complexity index is 1130. The fraction of sp³-hybridized carbons (Fsp3) is 0.607. The van der Waals surface area contributed by atoms with Crippen molar-refractivity contribution in [2.75, 3.05) is 41.0 Å². The number of esters is 1. The SMILES string of the molecule is CO/C=C(/C(=O)OC)[C@H]1CC2c3[nH]c4cccc(OC)c4c3CCN2C[C@H]1CO[Si](C)(C)C(C)(C)C. The van der Waals surface area contributed by atoms with Crippen molar-refractivity contribution in [2.45, 2.75) is 57.8 Å². The van der Waals surface area contributed by atoms with Gasteiger partial charge in [0.2, 0.25) is 0 Å². The maximum atomic E-state index is 12.9. The zero-order valence-corrected chi connectivity index (χ0v) is 24.1. The molecular weight excluding hydrogens is 472 g/mol. The largest absolute Gasteiger partial charge is 0.504 e. The van der Waals surface area contributed by atoms with E-state index in [2.05, 4.69) is 49.8 Å². The quantitative estimate of drug-likeness (QED) is 0.230. The highest BCUT2D eigenvalue weighted by Gasteiger charge is 2.45. The summed E-state index contributed by atoms with van der Waals surface area (Å²) in [5, 5.41) is 1.30. The summed E-state index contributed by atoms with van der Waals surface area (Å²) in [7, 11) is 2.80. The first-order valence-corrected chi connectivity index (χ1v) is 15.8. The van der Waals surface area contributed by atoms with Crippen LogP contribution in [0.3, 0.4) is 0 Å². The lowest BCUT2D eigenvalue weighted by Crippen LogP contribution is -2.50. The highest BCUT2D eigenvalue weighted by Crippen LogP contribution is 2.47. The summed E-state index contributed by atoms with van der Waals surface area (Å²) in [6.07, 6.45) is 3.33. The van der Waals surface area contributed by atoms with Crippen LogP contribution in [0.4, 0.5) is 0 Å². The molecule has 1 aromatic carbocycles. The number of piperidine rings is 1. The lowest BCUT2D eigenvalue weighted by Gasteiger charge is -2.47. The van der Waals surface area contributed by atoms with Crippen molar-refractivity contribution in [1.29, 1.82) is 0 Å². The average Bonchev–Trinajstić information content (AvgIpc) is 3.23. The van der Waals surface area contributed by atoms with Crippen LogP contribution < -0.4 is 4.74 Å². The van der Waals surface area contributed by atoms with Crippen LogP contribution in [-0.4, -0.2) is 65.2 Å². The third-order valence-corrected chi connectivity index (χ3v) is 13.1. The summed E-state index contributed by atoms with van der Waals surface area (Å²) in [6, 6.07) is 6.33. The van der Waals surface area contributed by atoms with Gasteiger partial charge >= 0.3 is 5.97 Å². The van der Waals surface area contributed by atoms with E-state index in [0.29, 0.717) is 12.2 Å². The molecule has 2 aliphatic rings. The van der Waals surface area contributed by atoms with E-state index in [-0.39, 0.29) is 28.9 Å². The van der Waals surface area contributed by atoms with E-state index in [1.807, 2.05) is 12.1 Å². The lowest BCUT2D eigenvalue weighted by atomic mass is 9.75. The number of carbonyl (C=O) groups is 1. The Morgan fingerprint density at radius 1 is 1.22 bits per heavy atom. The van der Waals surface area contributed by atoms with Crippen molar-refractivity contribution in [3.63, 3.8) is 0 Å². The fourth-order valence-corrected chi connectivity index (χ4v) is 6.63. The molecule has 8 heteroatoms. The first-order valence-electron chi connectivity index (χ1n) is 12.9. The molecule has 1 aromatic heterocycles. The van der Waals surface area contributed by atoms with Crippen LogP contribution in [0, 0.1) is 11.8 Å². The molecule has 1 saturated heterocycles. The molecule has 4 rings (SSSR count). The summed E-state index contributed by atoms with van der Waals surface area (Å²) in [6.45, 7) is 13.8.